The second-order valence-corrected chi connectivity index (χ2v) is 2.90. The number of benzene rings is 1. The highest BCUT2D eigenvalue weighted by Gasteiger charge is 1.93. The molecule has 0 saturated heterocycles. The molecule has 0 bridgehead atoms. The third-order valence-corrected chi connectivity index (χ3v) is 1.76. The van der Waals surface area contributed by atoms with Crippen molar-refractivity contribution in [3.05, 3.63) is 42.5 Å². The van der Waals surface area contributed by atoms with E-state index >= 15 is 0 Å². The van der Waals surface area contributed by atoms with Crippen LogP contribution in [0.25, 0.3) is 0 Å². The molecule has 0 aliphatic rings. The van der Waals surface area contributed by atoms with E-state index in [9.17, 15) is 5.11 Å². The van der Waals surface area contributed by atoms with Gasteiger partial charge in [-0.3, -0.25) is 0 Å². The van der Waals surface area contributed by atoms with Crippen LogP contribution in [0.3, 0.4) is 0 Å². The van der Waals surface area contributed by atoms with Gasteiger partial charge in [0.05, 0.1) is 0 Å². The Morgan fingerprint density at radius 3 is 2.12 bits per heavy atom. The summed E-state index contributed by atoms with van der Waals surface area (Å²) in [6, 6.07) is 7.27. The van der Waals surface area contributed by atoms with Crippen LogP contribution in [0.2, 0.25) is 0 Å². The maximum Gasteiger partial charge on any atom is 0.119 e. The number of para-hydroxylation sites is 1. The van der Waals surface area contributed by atoms with E-state index in [1.807, 2.05) is 38.8 Å². The van der Waals surface area contributed by atoms with Crippen molar-refractivity contribution < 1.29 is 14.6 Å². The number of carbonyl (C=O) groups is 1. The molecule has 3 nitrogen and oxygen atoms in total. The first-order valence-corrected chi connectivity index (χ1v) is 5.50. The third-order valence-electron chi connectivity index (χ3n) is 1.76. The van der Waals surface area contributed by atoms with Crippen molar-refractivity contribution in [2.75, 3.05) is 13.2 Å². The van der Waals surface area contributed by atoms with E-state index < -0.39 is 0 Å². The van der Waals surface area contributed by atoms with E-state index in [0.29, 0.717) is 5.75 Å². The second kappa shape index (κ2) is 14.4. The molecule has 0 aliphatic heterocycles. The monoisotopic (exact) mass is 238 g/mol. The summed E-state index contributed by atoms with van der Waals surface area (Å²) < 4.78 is 4.83. The van der Waals surface area contributed by atoms with Crippen LogP contribution in [0.5, 0.6) is 5.75 Å². The van der Waals surface area contributed by atoms with Gasteiger partial charge in [-0.15, -0.1) is 6.58 Å². The van der Waals surface area contributed by atoms with E-state index in [2.05, 4.69) is 6.58 Å². The van der Waals surface area contributed by atoms with Crippen LogP contribution in [0.15, 0.2) is 36.9 Å². The first-order chi connectivity index (χ1) is 8.26. The zero-order valence-corrected chi connectivity index (χ0v) is 10.7. The number of ether oxygens (including phenoxy) is 1. The van der Waals surface area contributed by atoms with Gasteiger partial charge in [-0.25, -0.2) is 0 Å². The van der Waals surface area contributed by atoms with Crippen LogP contribution in [-0.4, -0.2) is 25.1 Å². The lowest BCUT2D eigenvalue weighted by atomic mass is 10.1. The fourth-order valence-corrected chi connectivity index (χ4v) is 1.04. The summed E-state index contributed by atoms with van der Waals surface area (Å²) in [5.41, 5.74) is 0.928. The lowest BCUT2D eigenvalue weighted by molar-refractivity contribution is -0.0979. The van der Waals surface area contributed by atoms with Gasteiger partial charge in [0, 0.05) is 13.2 Å². The standard InChI is InChI=1S/C9H10O.C4H10O.CH2O/c1-2-5-8-6-3-4-7-9(8)10;1-3-5-4-2;1-2/h2-4,6-7,10H,1,5H2;3-4H2,1-2H3;1H2. The Hall–Kier alpha value is -1.61. The van der Waals surface area contributed by atoms with Gasteiger partial charge in [0.15, 0.2) is 0 Å². The van der Waals surface area contributed by atoms with Gasteiger partial charge >= 0.3 is 0 Å². The number of allylic oxidation sites excluding steroid dienone is 1. The molecule has 3 heteroatoms. The zero-order chi connectivity index (χ0) is 13.5. The first-order valence-electron chi connectivity index (χ1n) is 5.50. The lowest BCUT2D eigenvalue weighted by Gasteiger charge is -1.97. The summed E-state index contributed by atoms with van der Waals surface area (Å²) in [5, 5.41) is 9.19. The minimum absolute atomic E-state index is 0.349. The maximum atomic E-state index is 9.19. The summed E-state index contributed by atoms with van der Waals surface area (Å²) in [5.74, 6) is 0.349. The Kier molecular flexibility index (Phi) is 15.0. The van der Waals surface area contributed by atoms with Crippen LogP contribution < -0.4 is 0 Å². The second-order valence-electron chi connectivity index (χ2n) is 2.90. The third kappa shape index (κ3) is 10.7. The average molecular weight is 238 g/mol. The largest absolute Gasteiger partial charge is 0.508 e. The maximum absolute atomic E-state index is 9.19. The minimum Gasteiger partial charge on any atom is -0.508 e. The summed E-state index contributed by atoms with van der Waals surface area (Å²) in [6.45, 7) is 11.3. The van der Waals surface area contributed by atoms with Crippen molar-refractivity contribution in [1.29, 1.82) is 0 Å². The van der Waals surface area contributed by atoms with Crippen molar-refractivity contribution in [2.45, 2.75) is 20.3 Å². The number of hydrogen-bond donors (Lipinski definition) is 1. The summed E-state index contributed by atoms with van der Waals surface area (Å²) >= 11 is 0. The molecule has 0 amide bonds. The van der Waals surface area contributed by atoms with Crippen molar-refractivity contribution in [2.24, 2.45) is 0 Å². The summed E-state index contributed by atoms with van der Waals surface area (Å²) in [7, 11) is 0. The van der Waals surface area contributed by atoms with Gasteiger partial charge in [-0.05, 0) is 31.9 Å². The van der Waals surface area contributed by atoms with E-state index in [1.54, 1.807) is 12.1 Å². The number of hydrogen-bond acceptors (Lipinski definition) is 3. The van der Waals surface area contributed by atoms with Gasteiger partial charge in [0.1, 0.15) is 12.5 Å². The van der Waals surface area contributed by atoms with Crippen molar-refractivity contribution in [3.63, 3.8) is 0 Å². The highest BCUT2D eigenvalue weighted by Crippen LogP contribution is 2.15. The molecule has 17 heavy (non-hydrogen) atoms. The summed E-state index contributed by atoms with van der Waals surface area (Å²) in [6.07, 6.45) is 2.50. The first kappa shape index (κ1) is 17.8. The van der Waals surface area contributed by atoms with Gasteiger partial charge in [0.2, 0.25) is 0 Å². The molecule has 1 N–H and O–H groups in total. The van der Waals surface area contributed by atoms with Crippen molar-refractivity contribution >= 4 is 6.79 Å². The Bertz CT molecular complexity index is 283. The van der Waals surface area contributed by atoms with Gasteiger partial charge in [-0.1, -0.05) is 24.3 Å². The average Bonchev–Trinajstić information content (AvgIpc) is 2.37. The van der Waals surface area contributed by atoms with Crippen molar-refractivity contribution in [3.8, 4) is 5.75 Å². The van der Waals surface area contributed by atoms with E-state index in [4.69, 9.17) is 9.53 Å². The summed E-state index contributed by atoms with van der Waals surface area (Å²) in [4.78, 5) is 8.00. The molecule has 0 aliphatic carbocycles. The van der Waals surface area contributed by atoms with E-state index in [-0.39, 0.29) is 0 Å². The molecule has 0 heterocycles. The Morgan fingerprint density at radius 1 is 1.24 bits per heavy atom. The number of phenolic OH excluding ortho intramolecular Hbond substituents is 1. The van der Waals surface area contributed by atoms with Gasteiger partial charge in [-0.2, -0.15) is 0 Å². The molecule has 1 aromatic carbocycles. The Labute approximate surface area is 104 Å². The number of rotatable bonds is 4. The molecule has 96 valence electrons. The Morgan fingerprint density at radius 2 is 1.76 bits per heavy atom. The predicted octanol–water partition coefficient (Wildman–Crippen LogP) is 2.98. The SMILES string of the molecule is C=CCc1ccccc1O.C=O.CCOCC. The van der Waals surface area contributed by atoms with Crippen LogP contribution in [0.4, 0.5) is 0 Å². The Balaban J connectivity index is 0. The molecule has 0 unspecified atom stereocenters. The highest BCUT2D eigenvalue weighted by atomic mass is 16.5. The molecular weight excluding hydrogens is 216 g/mol. The molecule has 1 rings (SSSR count). The van der Waals surface area contributed by atoms with Gasteiger partial charge in [0.25, 0.3) is 0 Å². The normalized spacial score (nSPS) is 8.12. The molecule has 0 radical (unpaired) electrons. The smallest absolute Gasteiger partial charge is 0.119 e. The number of carbonyl (C=O) groups excluding carboxylic acids is 1. The fraction of sp³-hybridized carbons (Fsp3) is 0.357. The van der Waals surface area contributed by atoms with Crippen LogP contribution in [-0.2, 0) is 16.0 Å². The van der Waals surface area contributed by atoms with Crippen molar-refractivity contribution in [1.82, 2.24) is 0 Å². The molecule has 0 fully saturated rings. The number of aromatic hydroxyl groups is 1. The highest BCUT2D eigenvalue weighted by molar-refractivity contribution is 5.32. The minimum atomic E-state index is 0.349. The zero-order valence-electron chi connectivity index (χ0n) is 10.7. The molecule has 0 aromatic heterocycles. The van der Waals surface area contributed by atoms with Crippen LogP contribution in [0.1, 0.15) is 19.4 Å². The molecule has 1 aromatic rings. The number of phenols is 1. The van der Waals surface area contributed by atoms with Crippen LogP contribution >= 0.6 is 0 Å². The molecule has 0 atom stereocenters. The van der Waals surface area contributed by atoms with Crippen LogP contribution in [0, 0.1) is 0 Å². The van der Waals surface area contributed by atoms with Gasteiger partial charge < -0.3 is 14.6 Å². The van der Waals surface area contributed by atoms with E-state index in [1.165, 1.54) is 0 Å². The molecular formula is C14H22O3. The lowest BCUT2D eigenvalue weighted by Crippen LogP contribution is -1.84. The fourth-order valence-electron chi connectivity index (χ4n) is 1.04. The quantitative estimate of drug-likeness (QED) is 0.820. The topological polar surface area (TPSA) is 46.5 Å². The molecule has 0 spiro atoms. The van der Waals surface area contributed by atoms with E-state index in [0.717, 1.165) is 25.2 Å². The molecule has 0 saturated carbocycles. The predicted molar refractivity (Wildman–Crippen MR) is 71.3 cm³/mol.